The van der Waals surface area contributed by atoms with Crippen molar-refractivity contribution in [3.63, 3.8) is 0 Å². The number of rotatable bonds is 9. The number of guanidine groups is 1. The monoisotopic (exact) mass is 563 g/mol. The van der Waals surface area contributed by atoms with Gasteiger partial charge >= 0.3 is 0 Å². The van der Waals surface area contributed by atoms with E-state index in [2.05, 4.69) is 25.9 Å². The maximum absolute atomic E-state index is 12.1. The molecule has 0 bridgehead atoms. The first kappa shape index (κ1) is 26.2. The molecule has 9 heteroatoms. The van der Waals surface area contributed by atoms with Crippen LogP contribution >= 0.6 is 24.0 Å². The van der Waals surface area contributed by atoms with Gasteiger partial charge in [-0.05, 0) is 50.6 Å². The number of aryl methyl sites for hydroxylation is 1. The highest BCUT2D eigenvalue weighted by Crippen LogP contribution is 2.19. The lowest BCUT2D eigenvalue weighted by atomic mass is 10.1. The molecule has 0 unspecified atom stereocenters. The topological polar surface area (TPSA) is 112 Å². The number of hydrogen-bond acceptors (Lipinski definition) is 5. The standard InChI is InChI=1S/C24H29N5O3.HI/c1-3-25-24(27-13-5-12-26-22(31)19-6-4-7-21(30)14-19)28-15-20-16-32-23(29-20)18-10-8-17(2)9-11-18;/h4,6-11,14,16,30H,3,5,12-13,15H2,1-2H3,(H,26,31)(H2,25,27,28);1H. The molecule has 1 heterocycles. The molecule has 0 saturated heterocycles. The van der Waals surface area contributed by atoms with E-state index in [0.29, 0.717) is 37.0 Å². The summed E-state index contributed by atoms with van der Waals surface area (Å²) in [4.78, 5) is 21.1. The predicted octanol–water partition coefficient (Wildman–Crippen LogP) is 3.85. The molecule has 176 valence electrons. The summed E-state index contributed by atoms with van der Waals surface area (Å²) in [7, 11) is 0. The Morgan fingerprint density at radius 2 is 1.85 bits per heavy atom. The molecule has 4 N–H and O–H groups in total. The second-order valence-electron chi connectivity index (χ2n) is 7.29. The molecule has 0 spiro atoms. The van der Waals surface area contributed by atoms with Gasteiger partial charge in [0.25, 0.3) is 5.91 Å². The zero-order valence-electron chi connectivity index (χ0n) is 18.8. The minimum Gasteiger partial charge on any atom is -0.508 e. The number of aromatic nitrogens is 1. The minimum atomic E-state index is -0.211. The molecule has 1 amide bonds. The molecular weight excluding hydrogens is 533 g/mol. The minimum absolute atomic E-state index is 0. The molecule has 0 radical (unpaired) electrons. The third-order valence-corrected chi connectivity index (χ3v) is 4.63. The van der Waals surface area contributed by atoms with Gasteiger partial charge in [0.05, 0.1) is 6.54 Å². The van der Waals surface area contributed by atoms with Crippen molar-refractivity contribution in [3.05, 3.63) is 71.6 Å². The van der Waals surface area contributed by atoms with E-state index in [1.807, 2.05) is 38.1 Å². The third kappa shape index (κ3) is 8.41. The van der Waals surface area contributed by atoms with Gasteiger partial charge in [-0.1, -0.05) is 23.8 Å². The van der Waals surface area contributed by atoms with Gasteiger partial charge in [-0.2, -0.15) is 0 Å². The Balaban J connectivity index is 0.00000385. The fourth-order valence-electron chi connectivity index (χ4n) is 2.96. The van der Waals surface area contributed by atoms with E-state index in [9.17, 15) is 9.90 Å². The van der Waals surface area contributed by atoms with Crippen molar-refractivity contribution >= 4 is 35.8 Å². The van der Waals surface area contributed by atoms with Gasteiger partial charge in [-0.3, -0.25) is 4.79 Å². The Morgan fingerprint density at radius 1 is 1.09 bits per heavy atom. The molecule has 8 nitrogen and oxygen atoms in total. The van der Waals surface area contributed by atoms with E-state index in [1.165, 1.54) is 17.7 Å². The highest BCUT2D eigenvalue weighted by atomic mass is 127. The van der Waals surface area contributed by atoms with E-state index >= 15 is 0 Å². The molecule has 3 aromatic rings. The number of benzene rings is 2. The maximum Gasteiger partial charge on any atom is 0.251 e. The Kier molecular flexibility index (Phi) is 10.7. The van der Waals surface area contributed by atoms with Crippen LogP contribution < -0.4 is 16.0 Å². The van der Waals surface area contributed by atoms with E-state index in [0.717, 1.165) is 24.2 Å². The zero-order chi connectivity index (χ0) is 22.8. The highest BCUT2D eigenvalue weighted by molar-refractivity contribution is 14.0. The molecular formula is C24H30IN5O3. The number of carbonyl (C=O) groups excluding carboxylic acids is 1. The number of nitrogens with zero attached hydrogens (tertiary/aromatic N) is 2. The molecule has 33 heavy (non-hydrogen) atoms. The Morgan fingerprint density at radius 3 is 2.58 bits per heavy atom. The molecule has 0 aliphatic rings. The SMILES string of the molecule is CCNC(=NCc1coc(-c2ccc(C)cc2)n1)NCCCNC(=O)c1cccc(O)c1.I. The first-order valence-corrected chi connectivity index (χ1v) is 10.7. The van der Waals surface area contributed by atoms with Gasteiger partial charge in [0, 0.05) is 30.8 Å². The predicted molar refractivity (Wildman–Crippen MR) is 140 cm³/mol. The first-order chi connectivity index (χ1) is 15.5. The van der Waals surface area contributed by atoms with E-state index in [-0.39, 0.29) is 35.6 Å². The Labute approximate surface area is 210 Å². The van der Waals surface area contributed by atoms with Gasteiger partial charge in [-0.15, -0.1) is 24.0 Å². The number of phenolic OH excluding ortho intramolecular Hbond substituents is 1. The van der Waals surface area contributed by atoms with E-state index in [4.69, 9.17) is 4.42 Å². The average Bonchev–Trinajstić information content (AvgIpc) is 3.26. The quantitative estimate of drug-likeness (QED) is 0.136. The van der Waals surface area contributed by atoms with Crippen LogP contribution in [0, 0.1) is 6.92 Å². The Bertz CT molecular complexity index is 1050. The van der Waals surface area contributed by atoms with Gasteiger partial charge < -0.3 is 25.5 Å². The number of oxazole rings is 1. The first-order valence-electron chi connectivity index (χ1n) is 10.7. The summed E-state index contributed by atoms with van der Waals surface area (Å²) in [6.07, 6.45) is 2.34. The zero-order valence-corrected chi connectivity index (χ0v) is 21.1. The Hall–Kier alpha value is -3.08. The van der Waals surface area contributed by atoms with Gasteiger partial charge in [-0.25, -0.2) is 9.98 Å². The average molecular weight is 563 g/mol. The van der Waals surface area contributed by atoms with Crippen LogP contribution in [0.3, 0.4) is 0 Å². The summed E-state index contributed by atoms with van der Waals surface area (Å²) in [5.74, 6) is 1.11. The number of amides is 1. The fraction of sp³-hybridized carbons (Fsp3) is 0.292. The summed E-state index contributed by atoms with van der Waals surface area (Å²) in [6, 6.07) is 14.3. The highest BCUT2D eigenvalue weighted by Gasteiger charge is 2.07. The van der Waals surface area contributed by atoms with Gasteiger partial charge in [0.1, 0.15) is 17.7 Å². The van der Waals surface area contributed by atoms with Gasteiger partial charge in [0.15, 0.2) is 5.96 Å². The van der Waals surface area contributed by atoms with Crippen LogP contribution in [0.15, 0.2) is 64.2 Å². The summed E-state index contributed by atoms with van der Waals surface area (Å²) in [5.41, 5.74) is 3.30. The normalized spacial score (nSPS) is 10.9. The van der Waals surface area contributed by atoms with Crippen LogP contribution in [0.4, 0.5) is 0 Å². The fourth-order valence-corrected chi connectivity index (χ4v) is 2.96. The second-order valence-corrected chi connectivity index (χ2v) is 7.29. The van der Waals surface area contributed by atoms with E-state index in [1.54, 1.807) is 18.4 Å². The number of aliphatic imine (C=N–C) groups is 1. The van der Waals surface area contributed by atoms with Gasteiger partial charge in [0.2, 0.25) is 5.89 Å². The summed E-state index contributed by atoms with van der Waals surface area (Å²) >= 11 is 0. The van der Waals surface area contributed by atoms with Crippen molar-refractivity contribution < 1.29 is 14.3 Å². The van der Waals surface area contributed by atoms with Crippen molar-refractivity contribution in [2.75, 3.05) is 19.6 Å². The van der Waals surface area contributed by atoms with Crippen LogP contribution in [0.2, 0.25) is 0 Å². The molecule has 3 rings (SSSR count). The third-order valence-electron chi connectivity index (χ3n) is 4.63. The number of hydrogen-bond donors (Lipinski definition) is 4. The van der Waals surface area contributed by atoms with Crippen molar-refractivity contribution in [1.29, 1.82) is 0 Å². The largest absolute Gasteiger partial charge is 0.508 e. The molecule has 0 saturated carbocycles. The van der Waals surface area contributed by atoms with Crippen molar-refractivity contribution in [2.24, 2.45) is 4.99 Å². The number of nitrogens with one attached hydrogen (secondary N) is 3. The van der Waals surface area contributed by atoms with Crippen molar-refractivity contribution in [1.82, 2.24) is 20.9 Å². The lowest BCUT2D eigenvalue weighted by Crippen LogP contribution is -2.38. The van der Waals surface area contributed by atoms with Crippen LogP contribution in [-0.2, 0) is 6.54 Å². The second kappa shape index (κ2) is 13.5. The molecule has 0 aliphatic heterocycles. The van der Waals surface area contributed by atoms with Crippen molar-refractivity contribution in [3.8, 4) is 17.2 Å². The lowest BCUT2D eigenvalue weighted by Gasteiger charge is -2.11. The van der Waals surface area contributed by atoms with Crippen LogP contribution in [0.5, 0.6) is 5.75 Å². The number of aromatic hydroxyl groups is 1. The lowest BCUT2D eigenvalue weighted by molar-refractivity contribution is 0.0953. The van der Waals surface area contributed by atoms with Crippen LogP contribution in [0.25, 0.3) is 11.5 Å². The molecule has 0 aliphatic carbocycles. The summed E-state index contributed by atoms with van der Waals surface area (Å²) in [6.45, 7) is 6.30. The maximum atomic E-state index is 12.1. The summed E-state index contributed by atoms with van der Waals surface area (Å²) < 4.78 is 5.59. The van der Waals surface area contributed by atoms with Crippen LogP contribution in [-0.4, -0.2) is 41.6 Å². The molecule has 0 fully saturated rings. The van der Waals surface area contributed by atoms with Crippen molar-refractivity contribution in [2.45, 2.75) is 26.8 Å². The number of carbonyl (C=O) groups is 1. The smallest absolute Gasteiger partial charge is 0.251 e. The molecule has 0 atom stereocenters. The number of halogens is 1. The van der Waals surface area contributed by atoms with Crippen LogP contribution in [0.1, 0.15) is 35.0 Å². The number of phenols is 1. The molecule has 1 aromatic heterocycles. The van der Waals surface area contributed by atoms with E-state index < -0.39 is 0 Å². The summed E-state index contributed by atoms with van der Waals surface area (Å²) in [5, 5.41) is 18.7. The molecule has 2 aromatic carbocycles.